The van der Waals surface area contributed by atoms with Crippen LogP contribution < -0.4 is 11.1 Å². The number of hydrogen-bond acceptors (Lipinski definition) is 4. The minimum absolute atomic E-state index is 0.0262. The van der Waals surface area contributed by atoms with Gasteiger partial charge in [-0.05, 0) is 18.8 Å². The van der Waals surface area contributed by atoms with Crippen molar-refractivity contribution in [1.29, 1.82) is 0 Å². The molecular weight excluding hydrogens is 258 g/mol. The van der Waals surface area contributed by atoms with Gasteiger partial charge in [-0.15, -0.1) is 0 Å². The van der Waals surface area contributed by atoms with Crippen LogP contribution in [0, 0.1) is 11.8 Å². The summed E-state index contributed by atoms with van der Waals surface area (Å²) in [6, 6.07) is -0.221. The van der Waals surface area contributed by atoms with Crippen LogP contribution in [0.2, 0.25) is 0 Å². The van der Waals surface area contributed by atoms with Crippen LogP contribution >= 0.6 is 0 Å². The number of morpholine rings is 1. The van der Waals surface area contributed by atoms with E-state index < -0.39 is 6.04 Å². The predicted octanol–water partition coefficient (Wildman–Crippen LogP) is -0.277. The van der Waals surface area contributed by atoms with Crippen molar-refractivity contribution in [2.75, 3.05) is 26.3 Å². The summed E-state index contributed by atoms with van der Waals surface area (Å²) < 4.78 is 5.37. The third-order valence-corrected chi connectivity index (χ3v) is 4.01. The molecule has 2 rings (SSSR count). The maximum atomic E-state index is 12.6. The number of amides is 2. The van der Waals surface area contributed by atoms with Gasteiger partial charge < -0.3 is 20.7 Å². The van der Waals surface area contributed by atoms with Crippen molar-refractivity contribution in [2.45, 2.75) is 38.8 Å². The standard InChI is InChI=1S/C14H25N3O3/c1-9(2)11(7-15)14(19)17-5-6-20-8-12(17)13(18)16-10-3-4-10/h9-12H,3-8,15H2,1-2H3,(H,16,18). The zero-order chi connectivity index (χ0) is 14.7. The Kier molecular flexibility index (Phi) is 4.99. The molecule has 3 N–H and O–H groups in total. The second-order valence-electron chi connectivity index (χ2n) is 5.99. The van der Waals surface area contributed by atoms with Gasteiger partial charge in [0.05, 0.1) is 19.1 Å². The van der Waals surface area contributed by atoms with Gasteiger partial charge >= 0.3 is 0 Å². The Labute approximate surface area is 120 Å². The summed E-state index contributed by atoms with van der Waals surface area (Å²) in [5, 5.41) is 2.95. The second-order valence-corrected chi connectivity index (χ2v) is 5.99. The van der Waals surface area contributed by atoms with Gasteiger partial charge in [-0.3, -0.25) is 9.59 Å². The highest BCUT2D eigenvalue weighted by molar-refractivity contribution is 5.89. The number of hydrogen-bond donors (Lipinski definition) is 2. The van der Waals surface area contributed by atoms with Crippen molar-refractivity contribution in [1.82, 2.24) is 10.2 Å². The lowest BCUT2D eigenvalue weighted by molar-refractivity contribution is -0.152. The SMILES string of the molecule is CC(C)C(CN)C(=O)N1CCOCC1C(=O)NC1CC1. The monoisotopic (exact) mass is 283 g/mol. The van der Waals surface area contributed by atoms with Crippen LogP contribution in [0.3, 0.4) is 0 Å². The Hall–Kier alpha value is -1.14. The highest BCUT2D eigenvalue weighted by Gasteiger charge is 2.38. The molecule has 0 bridgehead atoms. The number of nitrogens with two attached hydrogens (primary N) is 1. The molecular formula is C14H25N3O3. The van der Waals surface area contributed by atoms with E-state index in [1.54, 1.807) is 4.90 Å². The smallest absolute Gasteiger partial charge is 0.245 e. The third-order valence-electron chi connectivity index (χ3n) is 4.01. The molecule has 6 heteroatoms. The van der Waals surface area contributed by atoms with Crippen LogP contribution in [0.25, 0.3) is 0 Å². The minimum Gasteiger partial charge on any atom is -0.377 e. The van der Waals surface area contributed by atoms with Crippen LogP contribution in [-0.4, -0.2) is 55.1 Å². The molecule has 0 aromatic heterocycles. The van der Waals surface area contributed by atoms with Gasteiger partial charge in [-0.2, -0.15) is 0 Å². The highest BCUT2D eigenvalue weighted by Crippen LogP contribution is 2.21. The summed E-state index contributed by atoms with van der Waals surface area (Å²) >= 11 is 0. The van der Waals surface area contributed by atoms with Gasteiger partial charge in [-0.1, -0.05) is 13.8 Å². The van der Waals surface area contributed by atoms with Crippen molar-refractivity contribution >= 4 is 11.8 Å². The maximum absolute atomic E-state index is 12.6. The summed E-state index contributed by atoms with van der Waals surface area (Å²) in [5.74, 6) is -0.186. The number of rotatable bonds is 5. The molecule has 2 atom stereocenters. The maximum Gasteiger partial charge on any atom is 0.245 e. The largest absolute Gasteiger partial charge is 0.377 e. The van der Waals surface area contributed by atoms with Crippen molar-refractivity contribution in [3.63, 3.8) is 0 Å². The van der Waals surface area contributed by atoms with Gasteiger partial charge in [0.1, 0.15) is 6.04 Å². The molecule has 0 aromatic carbocycles. The zero-order valence-corrected chi connectivity index (χ0v) is 12.3. The predicted molar refractivity (Wildman–Crippen MR) is 74.9 cm³/mol. The lowest BCUT2D eigenvalue weighted by Crippen LogP contribution is -2.58. The van der Waals surface area contributed by atoms with E-state index in [1.807, 2.05) is 13.8 Å². The first-order valence-electron chi connectivity index (χ1n) is 7.43. The van der Waals surface area contributed by atoms with Crippen LogP contribution in [0.4, 0.5) is 0 Å². The van der Waals surface area contributed by atoms with E-state index in [0.29, 0.717) is 19.7 Å². The van der Waals surface area contributed by atoms with Crippen molar-refractivity contribution in [2.24, 2.45) is 17.6 Å². The van der Waals surface area contributed by atoms with Gasteiger partial charge in [-0.25, -0.2) is 0 Å². The number of nitrogens with zero attached hydrogens (tertiary/aromatic N) is 1. The fraction of sp³-hybridized carbons (Fsp3) is 0.857. The average Bonchev–Trinajstić information content (AvgIpc) is 3.23. The zero-order valence-electron chi connectivity index (χ0n) is 12.3. The molecule has 0 spiro atoms. The van der Waals surface area contributed by atoms with Gasteiger partial charge in [0.2, 0.25) is 11.8 Å². The molecule has 1 aliphatic heterocycles. The minimum atomic E-state index is -0.510. The number of nitrogens with one attached hydrogen (secondary N) is 1. The molecule has 2 fully saturated rings. The second kappa shape index (κ2) is 6.54. The number of carbonyl (C=O) groups excluding carboxylic acids is 2. The lowest BCUT2D eigenvalue weighted by Gasteiger charge is -2.37. The van der Waals surface area contributed by atoms with Gasteiger partial charge in [0, 0.05) is 19.1 Å². The fourth-order valence-corrected chi connectivity index (χ4v) is 2.48. The number of ether oxygens (including phenoxy) is 1. The Morgan fingerprint density at radius 3 is 2.65 bits per heavy atom. The Morgan fingerprint density at radius 2 is 2.10 bits per heavy atom. The van der Waals surface area contributed by atoms with E-state index in [1.165, 1.54) is 0 Å². The van der Waals surface area contributed by atoms with E-state index in [0.717, 1.165) is 12.8 Å². The van der Waals surface area contributed by atoms with Gasteiger partial charge in [0.25, 0.3) is 0 Å². The van der Waals surface area contributed by atoms with Crippen molar-refractivity contribution in [3.05, 3.63) is 0 Å². The molecule has 20 heavy (non-hydrogen) atoms. The summed E-state index contributed by atoms with van der Waals surface area (Å²) in [6.45, 7) is 5.49. The molecule has 0 aromatic rings. The van der Waals surface area contributed by atoms with Crippen LogP contribution in [0.5, 0.6) is 0 Å². The Bertz CT molecular complexity index is 369. The molecule has 1 saturated carbocycles. The summed E-state index contributed by atoms with van der Waals surface area (Å²) in [5.41, 5.74) is 5.71. The molecule has 2 aliphatic rings. The van der Waals surface area contributed by atoms with Crippen molar-refractivity contribution < 1.29 is 14.3 Å². The summed E-state index contributed by atoms with van der Waals surface area (Å²) in [7, 11) is 0. The molecule has 1 heterocycles. The normalized spacial score (nSPS) is 24.6. The average molecular weight is 283 g/mol. The molecule has 1 saturated heterocycles. The molecule has 6 nitrogen and oxygen atoms in total. The highest BCUT2D eigenvalue weighted by atomic mass is 16.5. The molecule has 0 radical (unpaired) electrons. The lowest BCUT2D eigenvalue weighted by atomic mass is 9.93. The molecule has 2 amide bonds. The first-order chi connectivity index (χ1) is 9.54. The van der Waals surface area contributed by atoms with Crippen LogP contribution in [0.1, 0.15) is 26.7 Å². The molecule has 114 valence electrons. The molecule has 2 unspecified atom stereocenters. The van der Waals surface area contributed by atoms with Crippen molar-refractivity contribution in [3.8, 4) is 0 Å². The van der Waals surface area contributed by atoms with Crippen LogP contribution in [0.15, 0.2) is 0 Å². The van der Waals surface area contributed by atoms with E-state index in [9.17, 15) is 9.59 Å². The van der Waals surface area contributed by atoms with Gasteiger partial charge in [0.15, 0.2) is 0 Å². The van der Waals surface area contributed by atoms with Crippen LogP contribution in [-0.2, 0) is 14.3 Å². The van der Waals surface area contributed by atoms with E-state index in [4.69, 9.17) is 10.5 Å². The van der Waals surface area contributed by atoms with E-state index in [2.05, 4.69) is 5.32 Å². The first-order valence-corrected chi connectivity index (χ1v) is 7.43. The Balaban J connectivity index is 2.04. The first kappa shape index (κ1) is 15.3. The van der Waals surface area contributed by atoms with E-state index in [-0.39, 0.29) is 36.3 Å². The third kappa shape index (κ3) is 3.49. The Morgan fingerprint density at radius 1 is 1.40 bits per heavy atom. The quantitative estimate of drug-likeness (QED) is 0.727. The number of carbonyl (C=O) groups is 2. The summed E-state index contributed by atoms with van der Waals surface area (Å²) in [4.78, 5) is 26.5. The molecule has 1 aliphatic carbocycles. The van der Waals surface area contributed by atoms with E-state index >= 15 is 0 Å². The fourth-order valence-electron chi connectivity index (χ4n) is 2.48. The summed E-state index contributed by atoms with van der Waals surface area (Å²) in [6.07, 6.45) is 2.06. The topological polar surface area (TPSA) is 84.7 Å².